The van der Waals surface area contributed by atoms with Gasteiger partial charge in [-0.05, 0) is 36.8 Å². The van der Waals surface area contributed by atoms with Crippen molar-refractivity contribution >= 4 is 17.3 Å². The molecule has 1 aromatic heterocycles. The number of carbonyl (C=O) groups excluding carboxylic acids is 1. The SMILES string of the molecule is Cc1cccc(CNC(=O)c2cc(Nc3ccccc3C(F)(F)F)ccn2)c1. The summed E-state index contributed by atoms with van der Waals surface area (Å²) >= 11 is 0. The van der Waals surface area contributed by atoms with E-state index in [4.69, 9.17) is 0 Å². The fourth-order valence-corrected chi connectivity index (χ4v) is 2.72. The highest BCUT2D eigenvalue weighted by Crippen LogP contribution is 2.35. The zero-order chi connectivity index (χ0) is 20.1. The van der Waals surface area contributed by atoms with Gasteiger partial charge in [0, 0.05) is 18.4 Å². The van der Waals surface area contributed by atoms with E-state index in [1.54, 1.807) is 0 Å². The predicted molar refractivity (Wildman–Crippen MR) is 101 cm³/mol. The normalized spacial score (nSPS) is 11.1. The third kappa shape index (κ3) is 4.88. The molecule has 1 heterocycles. The van der Waals surface area contributed by atoms with Crippen molar-refractivity contribution in [1.82, 2.24) is 10.3 Å². The Bertz CT molecular complexity index is 986. The fourth-order valence-electron chi connectivity index (χ4n) is 2.72. The number of aryl methyl sites for hydroxylation is 1. The molecule has 0 aliphatic carbocycles. The minimum absolute atomic E-state index is 0.0904. The van der Waals surface area contributed by atoms with Crippen molar-refractivity contribution < 1.29 is 18.0 Å². The highest BCUT2D eigenvalue weighted by Gasteiger charge is 2.33. The van der Waals surface area contributed by atoms with Crippen LogP contribution in [-0.4, -0.2) is 10.9 Å². The van der Waals surface area contributed by atoms with Crippen LogP contribution in [0.25, 0.3) is 0 Å². The predicted octanol–water partition coefficient (Wildman–Crippen LogP) is 5.08. The third-order valence-corrected chi connectivity index (χ3v) is 4.04. The van der Waals surface area contributed by atoms with E-state index in [1.165, 1.54) is 36.5 Å². The summed E-state index contributed by atoms with van der Waals surface area (Å²) < 4.78 is 39.4. The maximum absolute atomic E-state index is 13.1. The van der Waals surface area contributed by atoms with Crippen LogP contribution in [0.1, 0.15) is 27.2 Å². The van der Waals surface area contributed by atoms with Crippen LogP contribution < -0.4 is 10.6 Å². The van der Waals surface area contributed by atoms with Crippen molar-refractivity contribution in [2.45, 2.75) is 19.6 Å². The molecular formula is C21H18F3N3O. The minimum Gasteiger partial charge on any atom is -0.355 e. The van der Waals surface area contributed by atoms with Crippen molar-refractivity contribution in [2.24, 2.45) is 0 Å². The molecule has 0 radical (unpaired) electrons. The van der Waals surface area contributed by atoms with Gasteiger partial charge >= 0.3 is 6.18 Å². The monoisotopic (exact) mass is 385 g/mol. The number of benzene rings is 2. The molecule has 7 heteroatoms. The Balaban J connectivity index is 1.73. The average Bonchev–Trinajstić information content (AvgIpc) is 2.66. The van der Waals surface area contributed by atoms with E-state index in [0.29, 0.717) is 12.2 Å². The first kappa shape index (κ1) is 19.4. The van der Waals surface area contributed by atoms with Crippen LogP contribution in [0.15, 0.2) is 66.9 Å². The Morgan fingerprint density at radius 2 is 1.82 bits per heavy atom. The molecule has 0 saturated carbocycles. The van der Waals surface area contributed by atoms with Crippen LogP contribution in [0, 0.1) is 6.92 Å². The molecule has 3 rings (SSSR count). The lowest BCUT2D eigenvalue weighted by molar-refractivity contribution is -0.136. The van der Waals surface area contributed by atoms with E-state index in [2.05, 4.69) is 15.6 Å². The van der Waals surface area contributed by atoms with E-state index < -0.39 is 17.6 Å². The van der Waals surface area contributed by atoms with Crippen molar-refractivity contribution in [1.29, 1.82) is 0 Å². The summed E-state index contributed by atoms with van der Waals surface area (Å²) in [6.45, 7) is 2.29. The van der Waals surface area contributed by atoms with Crippen molar-refractivity contribution in [2.75, 3.05) is 5.32 Å². The minimum atomic E-state index is -4.48. The van der Waals surface area contributed by atoms with E-state index in [0.717, 1.165) is 17.2 Å². The molecule has 4 nitrogen and oxygen atoms in total. The van der Waals surface area contributed by atoms with E-state index in [1.807, 2.05) is 31.2 Å². The number of alkyl halides is 3. The summed E-state index contributed by atoms with van der Waals surface area (Å²) in [5.74, 6) is -0.408. The molecule has 0 bridgehead atoms. The number of nitrogens with one attached hydrogen (secondary N) is 2. The highest BCUT2D eigenvalue weighted by atomic mass is 19.4. The van der Waals surface area contributed by atoms with Gasteiger partial charge in [-0.1, -0.05) is 42.0 Å². The lowest BCUT2D eigenvalue weighted by Crippen LogP contribution is -2.23. The lowest BCUT2D eigenvalue weighted by atomic mass is 10.1. The second-order valence-corrected chi connectivity index (χ2v) is 6.27. The highest BCUT2D eigenvalue weighted by molar-refractivity contribution is 5.93. The second-order valence-electron chi connectivity index (χ2n) is 6.27. The quantitative estimate of drug-likeness (QED) is 0.644. The van der Waals surface area contributed by atoms with Crippen molar-refractivity contribution in [3.8, 4) is 0 Å². The number of para-hydroxylation sites is 1. The van der Waals surface area contributed by atoms with Gasteiger partial charge in [-0.3, -0.25) is 9.78 Å². The third-order valence-electron chi connectivity index (χ3n) is 4.04. The number of pyridine rings is 1. The van der Waals surface area contributed by atoms with Crippen LogP contribution in [-0.2, 0) is 12.7 Å². The largest absolute Gasteiger partial charge is 0.418 e. The summed E-state index contributed by atoms with van der Waals surface area (Å²) in [5.41, 5.74) is 1.61. The van der Waals surface area contributed by atoms with Gasteiger partial charge in [0.1, 0.15) is 5.69 Å². The van der Waals surface area contributed by atoms with Crippen molar-refractivity contribution in [3.63, 3.8) is 0 Å². The first-order valence-electron chi connectivity index (χ1n) is 8.56. The van der Waals surface area contributed by atoms with Crippen LogP contribution in [0.4, 0.5) is 24.5 Å². The van der Waals surface area contributed by atoms with Gasteiger partial charge < -0.3 is 10.6 Å². The maximum atomic E-state index is 13.1. The summed E-state index contributed by atoms with van der Waals surface area (Å²) in [6, 6.07) is 15.8. The second kappa shape index (κ2) is 8.12. The number of halogens is 3. The average molecular weight is 385 g/mol. The first-order valence-corrected chi connectivity index (χ1v) is 8.56. The number of anilines is 2. The summed E-state index contributed by atoms with van der Waals surface area (Å²) in [5, 5.41) is 5.48. The lowest BCUT2D eigenvalue weighted by Gasteiger charge is -2.14. The standard InChI is InChI=1S/C21H18F3N3O/c1-14-5-4-6-15(11-14)13-26-20(28)19-12-16(9-10-25-19)27-18-8-3-2-7-17(18)21(22,23)24/h2-12H,13H2,1H3,(H,25,27)(H,26,28). The van der Waals surface area contributed by atoms with Crippen LogP contribution in [0.3, 0.4) is 0 Å². The number of amides is 1. The molecule has 0 fully saturated rings. The number of rotatable bonds is 5. The van der Waals surface area contributed by atoms with Gasteiger partial charge in [-0.2, -0.15) is 13.2 Å². The topological polar surface area (TPSA) is 54.0 Å². The Hall–Kier alpha value is -3.35. The molecule has 0 unspecified atom stereocenters. The van der Waals surface area contributed by atoms with Gasteiger partial charge in [0.05, 0.1) is 11.3 Å². The molecule has 2 N–H and O–H groups in total. The van der Waals surface area contributed by atoms with Crippen LogP contribution in [0.2, 0.25) is 0 Å². The molecule has 28 heavy (non-hydrogen) atoms. The molecule has 2 aromatic carbocycles. The zero-order valence-corrected chi connectivity index (χ0v) is 15.0. The molecule has 1 amide bonds. The molecule has 144 valence electrons. The van der Waals surface area contributed by atoms with Crippen LogP contribution in [0.5, 0.6) is 0 Å². The molecule has 0 saturated heterocycles. The molecule has 0 atom stereocenters. The van der Waals surface area contributed by atoms with Gasteiger partial charge in [-0.25, -0.2) is 0 Å². The maximum Gasteiger partial charge on any atom is 0.418 e. The van der Waals surface area contributed by atoms with E-state index >= 15 is 0 Å². The number of hydrogen-bond acceptors (Lipinski definition) is 3. The van der Waals surface area contributed by atoms with E-state index in [9.17, 15) is 18.0 Å². The Morgan fingerprint density at radius 3 is 2.57 bits per heavy atom. The fraction of sp³-hybridized carbons (Fsp3) is 0.143. The Labute approximate surface area is 160 Å². The van der Waals surface area contributed by atoms with Gasteiger partial charge in [-0.15, -0.1) is 0 Å². The summed E-state index contributed by atoms with van der Waals surface area (Å²) in [7, 11) is 0. The molecule has 0 aliphatic rings. The van der Waals surface area contributed by atoms with Crippen LogP contribution >= 0.6 is 0 Å². The van der Waals surface area contributed by atoms with Crippen molar-refractivity contribution in [3.05, 3.63) is 89.2 Å². The number of nitrogens with zero attached hydrogens (tertiary/aromatic N) is 1. The molecule has 0 spiro atoms. The van der Waals surface area contributed by atoms with Gasteiger partial charge in [0.25, 0.3) is 5.91 Å². The smallest absolute Gasteiger partial charge is 0.355 e. The Kier molecular flexibility index (Phi) is 5.63. The summed E-state index contributed by atoms with van der Waals surface area (Å²) in [4.78, 5) is 16.4. The summed E-state index contributed by atoms with van der Waals surface area (Å²) in [6.07, 6.45) is -3.11. The number of carbonyl (C=O) groups is 1. The molecule has 3 aromatic rings. The zero-order valence-electron chi connectivity index (χ0n) is 15.0. The van der Waals surface area contributed by atoms with Gasteiger partial charge in [0.2, 0.25) is 0 Å². The van der Waals surface area contributed by atoms with E-state index in [-0.39, 0.29) is 11.4 Å². The Morgan fingerprint density at radius 1 is 1.04 bits per heavy atom. The molecule has 0 aliphatic heterocycles. The number of hydrogen-bond donors (Lipinski definition) is 2. The molecular weight excluding hydrogens is 367 g/mol. The first-order chi connectivity index (χ1) is 13.3. The number of aromatic nitrogens is 1. The van der Waals surface area contributed by atoms with Gasteiger partial charge in [0.15, 0.2) is 0 Å².